The van der Waals surface area contributed by atoms with E-state index in [9.17, 15) is 4.79 Å². The summed E-state index contributed by atoms with van der Waals surface area (Å²) in [6.07, 6.45) is 2.39. The molecule has 4 heteroatoms. The molecular formula is C14H14N2O2. The molecule has 4 nitrogen and oxygen atoms in total. The largest absolute Gasteiger partial charge is 0.361 e. The zero-order valence-electron chi connectivity index (χ0n) is 10.4. The predicted molar refractivity (Wildman–Crippen MR) is 67.7 cm³/mol. The summed E-state index contributed by atoms with van der Waals surface area (Å²) in [6.45, 7) is 3.81. The molecule has 1 unspecified atom stereocenters. The van der Waals surface area contributed by atoms with E-state index in [1.165, 1.54) is 11.8 Å². The molecule has 1 aromatic heterocycles. The summed E-state index contributed by atoms with van der Waals surface area (Å²) in [5.41, 5.74) is 2.75. The Labute approximate surface area is 105 Å². The zero-order chi connectivity index (χ0) is 12.7. The Morgan fingerprint density at radius 3 is 2.94 bits per heavy atom. The molecular weight excluding hydrogens is 228 g/mol. The fourth-order valence-electron chi connectivity index (χ4n) is 2.51. The number of amides is 1. The van der Waals surface area contributed by atoms with E-state index in [0.29, 0.717) is 11.3 Å². The van der Waals surface area contributed by atoms with E-state index in [1.807, 2.05) is 23.1 Å². The second-order valence-corrected chi connectivity index (χ2v) is 4.65. The van der Waals surface area contributed by atoms with Gasteiger partial charge in [0.05, 0.1) is 6.20 Å². The number of carbonyl (C=O) groups excluding carboxylic acids is 1. The van der Waals surface area contributed by atoms with Gasteiger partial charge in [0, 0.05) is 11.7 Å². The highest BCUT2D eigenvalue weighted by Crippen LogP contribution is 2.33. The number of anilines is 1. The first-order valence-corrected chi connectivity index (χ1v) is 6.01. The Hall–Kier alpha value is -2.10. The van der Waals surface area contributed by atoms with Gasteiger partial charge in [-0.15, -0.1) is 0 Å². The Balaban J connectivity index is 2.03. The molecule has 1 amide bonds. The predicted octanol–water partition coefficient (Wildman–Crippen LogP) is 2.57. The fraction of sp³-hybridized carbons (Fsp3) is 0.286. The lowest BCUT2D eigenvalue weighted by molar-refractivity contribution is 0.0980. The van der Waals surface area contributed by atoms with Gasteiger partial charge in [-0.3, -0.25) is 4.79 Å². The van der Waals surface area contributed by atoms with Gasteiger partial charge in [-0.2, -0.15) is 0 Å². The van der Waals surface area contributed by atoms with Gasteiger partial charge in [0.1, 0.15) is 11.3 Å². The van der Waals surface area contributed by atoms with Gasteiger partial charge in [-0.1, -0.05) is 23.4 Å². The second kappa shape index (κ2) is 3.98. The number of carbonyl (C=O) groups is 1. The molecule has 0 spiro atoms. The average Bonchev–Trinajstić information content (AvgIpc) is 2.91. The highest BCUT2D eigenvalue weighted by atomic mass is 16.5. The van der Waals surface area contributed by atoms with Crippen molar-refractivity contribution >= 4 is 11.6 Å². The Morgan fingerprint density at radius 1 is 1.44 bits per heavy atom. The van der Waals surface area contributed by atoms with Crippen molar-refractivity contribution in [2.24, 2.45) is 0 Å². The van der Waals surface area contributed by atoms with Crippen molar-refractivity contribution in [3.05, 3.63) is 47.3 Å². The summed E-state index contributed by atoms with van der Waals surface area (Å²) in [5.74, 6) is 0.530. The Bertz CT molecular complexity index is 603. The van der Waals surface area contributed by atoms with Crippen LogP contribution in [-0.2, 0) is 6.42 Å². The monoisotopic (exact) mass is 242 g/mol. The third-order valence-corrected chi connectivity index (χ3v) is 3.41. The first-order chi connectivity index (χ1) is 8.68. The molecule has 0 fully saturated rings. The van der Waals surface area contributed by atoms with Crippen molar-refractivity contribution in [1.82, 2.24) is 5.16 Å². The summed E-state index contributed by atoms with van der Waals surface area (Å²) in [6, 6.07) is 8.19. The third kappa shape index (κ3) is 1.53. The quantitative estimate of drug-likeness (QED) is 0.772. The molecule has 0 N–H and O–H groups in total. The van der Waals surface area contributed by atoms with E-state index in [4.69, 9.17) is 4.52 Å². The first kappa shape index (κ1) is 11.0. The number of para-hydroxylation sites is 1. The number of hydrogen-bond donors (Lipinski definition) is 0. The topological polar surface area (TPSA) is 46.3 Å². The van der Waals surface area contributed by atoms with Crippen LogP contribution in [0.3, 0.4) is 0 Å². The molecule has 2 heterocycles. The molecule has 0 saturated carbocycles. The minimum atomic E-state index is -0.0359. The third-order valence-electron chi connectivity index (χ3n) is 3.41. The first-order valence-electron chi connectivity index (χ1n) is 6.01. The van der Waals surface area contributed by atoms with Crippen molar-refractivity contribution in [3.63, 3.8) is 0 Å². The lowest BCUT2D eigenvalue weighted by atomic mass is 10.1. The number of nitrogens with zero attached hydrogens (tertiary/aromatic N) is 2. The maximum atomic E-state index is 12.5. The summed E-state index contributed by atoms with van der Waals surface area (Å²) >= 11 is 0. The Morgan fingerprint density at radius 2 is 2.22 bits per heavy atom. The van der Waals surface area contributed by atoms with Crippen molar-refractivity contribution in [2.75, 3.05) is 4.90 Å². The number of fused-ring (bicyclic) bond motifs is 1. The Kier molecular flexibility index (Phi) is 2.44. The summed E-state index contributed by atoms with van der Waals surface area (Å²) in [7, 11) is 0. The van der Waals surface area contributed by atoms with E-state index in [-0.39, 0.29) is 11.9 Å². The lowest BCUT2D eigenvalue weighted by Gasteiger charge is -2.22. The van der Waals surface area contributed by atoms with Crippen LogP contribution in [0.4, 0.5) is 5.69 Å². The van der Waals surface area contributed by atoms with Gasteiger partial charge in [-0.05, 0) is 31.9 Å². The van der Waals surface area contributed by atoms with Gasteiger partial charge >= 0.3 is 0 Å². The number of aryl methyl sites for hydroxylation is 1. The molecule has 0 aliphatic carbocycles. The smallest absolute Gasteiger partial charge is 0.263 e. The van der Waals surface area contributed by atoms with E-state index in [1.54, 1.807) is 6.92 Å². The molecule has 1 aromatic carbocycles. The molecule has 1 atom stereocenters. The number of aromatic nitrogens is 1. The van der Waals surface area contributed by atoms with E-state index in [0.717, 1.165) is 12.1 Å². The number of rotatable bonds is 1. The molecule has 1 aliphatic rings. The maximum absolute atomic E-state index is 12.5. The van der Waals surface area contributed by atoms with Gasteiger partial charge in [0.25, 0.3) is 5.91 Å². The van der Waals surface area contributed by atoms with Crippen molar-refractivity contribution < 1.29 is 9.32 Å². The molecule has 2 aromatic rings. The molecule has 92 valence electrons. The summed E-state index contributed by atoms with van der Waals surface area (Å²) < 4.78 is 4.97. The van der Waals surface area contributed by atoms with Crippen LogP contribution in [0.5, 0.6) is 0 Å². The zero-order valence-corrected chi connectivity index (χ0v) is 10.4. The van der Waals surface area contributed by atoms with Crippen LogP contribution in [0, 0.1) is 6.92 Å². The standard InChI is InChI=1S/C14H14N2O2/c1-9-7-11-5-3-4-6-13(11)16(9)14(17)12-8-15-18-10(12)2/h3-6,8-9H,7H2,1-2H3. The van der Waals surface area contributed by atoms with E-state index < -0.39 is 0 Å². The molecule has 0 bridgehead atoms. The van der Waals surface area contributed by atoms with Crippen molar-refractivity contribution in [2.45, 2.75) is 26.3 Å². The molecule has 0 saturated heterocycles. The summed E-state index contributed by atoms with van der Waals surface area (Å²) in [5, 5.41) is 3.67. The van der Waals surface area contributed by atoms with Gasteiger partial charge in [-0.25, -0.2) is 0 Å². The van der Waals surface area contributed by atoms with Crippen LogP contribution in [-0.4, -0.2) is 17.1 Å². The van der Waals surface area contributed by atoms with E-state index >= 15 is 0 Å². The second-order valence-electron chi connectivity index (χ2n) is 4.65. The maximum Gasteiger partial charge on any atom is 0.263 e. The SMILES string of the molecule is Cc1oncc1C(=O)N1c2ccccc2CC1C. The van der Waals surface area contributed by atoms with Crippen LogP contribution >= 0.6 is 0 Å². The minimum Gasteiger partial charge on any atom is -0.361 e. The van der Waals surface area contributed by atoms with Gasteiger partial charge in [0.15, 0.2) is 0 Å². The number of hydrogen-bond acceptors (Lipinski definition) is 3. The van der Waals surface area contributed by atoms with Crippen LogP contribution in [0.25, 0.3) is 0 Å². The molecule has 1 aliphatic heterocycles. The van der Waals surface area contributed by atoms with Crippen molar-refractivity contribution in [1.29, 1.82) is 0 Å². The molecule has 18 heavy (non-hydrogen) atoms. The molecule has 3 rings (SSSR count). The highest BCUT2D eigenvalue weighted by molar-refractivity contribution is 6.08. The average molecular weight is 242 g/mol. The van der Waals surface area contributed by atoms with Crippen LogP contribution < -0.4 is 4.90 Å². The van der Waals surface area contributed by atoms with Crippen molar-refractivity contribution in [3.8, 4) is 0 Å². The van der Waals surface area contributed by atoms with E-state index in [2.05, 4.69) is 18.1 Å². The normalized spacial score (nSPS) is 17.9. The summed E-state index contributed by atoms with van der Waals surface area (Å²) in [4.78, 5) is 14.4. The minimum absolute atomic E-state index is 0.0359. The lowest BCUT2D eigenvalue weighted by Crippen LogP contribution is -2.35. The van der Waals surface area contributed by atoms with Crippen LogP contribution in [0.15, 0.2) is 35.0 Å². The van der Waals surface area contributed by atoms with Crippen LogP contribution in [0.2, 0.25) is 0 Å². The van der Waals surface area contributed by atoms with Gasteiger partial charge in [0.2, 0.25) is 0 Å². The molecule has 0 radical (unpaired) electrons. The fourth-order valence-corrected chi connectivity index (χ4v) is 2.51. The highest BCUT2D eigenvalue weighted by Gasteiger charge is 2.32. The number of benzene rings is 1. The van der Waals surface area contributed by atoms with Crippen LogP contribution in [0.1, 0.15) is 28.6 Å². The van der Waals surface area contributed by atoms with Gasteiger partial charge < -0.3 is 9.42 Å².